The molecule has 0 radical (unpaired) electrons. The standard InChI is InChI=1S/C24H31N9S.2H2/c1-16-12-21(30-29-16)26-20-14-22(32-8-10-33(11-9-32)24(2,3)4)28-23(27-20)34-18-6-7-19-17(13-18)15-25-31(19)5;;/h6-7,12-15H,8-11H2,1-5H3,(H2,26,27,28,29,30);2*1H. The first-order valence-corrected chi connectivity index (χ1v) is 12.3. The zero-order valence-corrected chi connectivity index (χ0v) is 21.1. The first-order chi connectivity index (χ1) is 16.2. The summed E-state index contributed by atoms with van der Waals surface area (Å²) >= 11 is 1.56. The van der Waals surface area contributed by atoms with Gasteiger partial charge in [0, 0.05) is 69.7 Å². The van der Waals surface area contributed by atoms with Crippen LogP contribution in [0.5, 0.6) is 0 Å². The molecule has 0 aliphatic carbocycles. The Bertz CT molecular complexity index is 1310. The molecule has 4 aromatic rings. The predicted molar refractivity (Wildman–Crippen MR) is 141 cm³/mol. The van der Waals surface area contributed by atoms with E-state index in [2.05, 4.69) is 69.4 Å². The van der Waals surface area contributed by atoms with Crippen LogP contribution in [0.1, 0.15) is 29.3 Å². The van der Waals surface area contributed by atoms with E-state index in [4.69, 9.17) is 9.97 Å². The van der Waals surface area contributed by atoms with Crippen LogP contribution in [-0.4, -0.2) is 66.6 Å². The fourth-order valence-electron chi connectivity index (χ4n) is 4.21. The number of aryl methyl sites for hydroxylation is 2. The number of fused-ring (bicyclic) bond motifs is 1. The Morgan fingerprint density at radius 2 is 1.82 bits per heavy atom. The first-order valence-electron chi connectivity index (χ1n) is 11.5. The molecule has 1 aliphatic heterocycles. The Morgan fingerprint density at radius 1 is 1.03 bits per heavy atom. The van der Waals surface area contributed by atoms with E-state index in [1.165, 1.54) is 0 Å². The summed E-state index contributed by atoms with van der Waals surface area (Å²) in [7, 11) is 1.95. The van der Waals surface area contributed by atoms with Gasteiger partial charge in [0.05, 0.1) is 11.7 Å². The van der Waals surface area contributed by atoms with E-state index in [-0.39, 0.29) is 8.39 Å². The monoisotopic (exact) mass is 481 g/mol. The van der Waals surface area contributed by atoms with Gasteiger partial charge in [0.1, 0.15) is 11.6 Å². The van der Waals surface area contributed by atoms with Crippen molar-refractivity contribution in [2.75, 3.05) is 36.4 Å². The molecule has 0 spiro atoms. The van der Waals surface area contributed by atoms with Crippen LogP contribution in [0.3, 0.4) is 0 Å². The van der Waals surface area contributed by atoms with Crippen molar-refractivity contribution in [2.24, 2.45) is 7.05 Å². The summed E-state index contributed by atoms with van der Waals surface area (Å²) in [5, 5.41) is 16.8. The molecule has 34 heavy (non-hydrogen) atoms. The van der Waals surface area contributed by atoms with Crippen molar-refractivity contribution in [2.45, 2.75) is 43.3 Å². The summed E-state index contributed by atoms with van der Waals surface area (Å²) < 4.78 is 1.88. The molecule has 3 aromatic heterocycles. The lowest BCUT2D eigenvalue weighted by atomic mass is 10.1. The molecule has 0 unspecified atom stereocenters. The molecule has 1 aromatic carbocycles. The predicted octanol–water partition coefficient (Wildman–Crippen LogP) is 4.70. The van der Waals surface area contributed by atoms with Crippen LogP contribution in [0, 0.1) is 6.92 Å². The minimum atomic E-state index is 0. The Hall–Kier alpha value is -3.11. The highest BCUT2D eigenvalue weighted by atomic mass is 32.2. The van der Waals surface area contributed by atoms with Gasteiger partial charge in [-0.15, -0.1) is 0 Å². The Morgan fingerprint density at radius 3 is 2.53 bits per heavy atom. The molecule has 0 saturated carbocycles. The van der Waals surface area contributed by atoms with Gasteiger partial charge < -0.3 is 10.2 Å². The number of H-pyrrole nitrogens is 1. The van der Waals surface area contributed by atoms with E-state index < -0.39 is 0 Å². The minimum Gasteiger partial charge on any atom is -0.354 e. The van der Waals surface area contributed by atoms with Crippen molar-refractivity contribution in [3.05, 3.63) is 42.2 Å². The normalized spacial score (nSPS) is 15.3. The molecule has 9 nitrogen and oxygen atoms in total. The molecule has 0 amide bonds. The van der Waals surface area contributed by atoms with Crippen LogP contribution in [-0.2, 0) is 7.05 Å². The molecule has 1 saturated heterocycles. The van der Waals surface area contributed by atoms with Gasteiger partial charge in [-0.25, -0.2) is 9.97 Å². The van der Waals surface area contributed by atoms with E-state index in [0.29, 0.717) is 5.16 Å². The van der Waals surface area contributed by atoms with Crippen molar-refractivity contribution >= 4 is 40.1 Å². The average Bonchev–Trinajstić information content (AvgIpc) is 3.38. The van der Waals surface area contributed by atoms with Gasteiger partial charge in [-0.2, -0.15) is 10.2 Å². The van der Waals surface area contributed by atoms with E-state index in [1.54, 1.807) is 11.8 Å². The van der Waals surface area contributed by atoms with Gasteiger partial charge in [-0.05, 0) is 57.7 Å². The zero-order valence-electron chi connectivity index (χ0n) is 20.3. The van der Waals surface area contributed by atoms with Crippen LogP contribution in [0.25, 0.3) is 10.9 Å². The van der Waals surface area contributed by atoms with Gasteiger partial charge in [0.2, 0.25) is 0 Å². The summed E-state index contributed by atoms with van der Waals surface area (Å²) in [5.74, 6) is 2.41. The smallest absolute Gasteiger partial charge is 0.196 e. The molecular formula is C24H35N9S. The van der Waals surface area contributed by atoms with Crippen molar-refractivity contribution < 1.29 is 2.85 Å². The fourth-order valence-corrected chi connectivity index (χ4v) is 5.03. The molecule has 4 heterocycles. The van der Waals surface area contributed by atoms with Gasteiger partial charge in [-0.1, -0.05) is 0 Å². The fraction of sp³-hybridized carbons (Fsp3) is 0.417. The molecule has 182 valence electrons. The largest absolute Gasteiger partial charge is 0.354 e. The maximum atomic E-state index is 4.94. The lowest BCUT2D eigenvalue weighted by Gasteiger charge is -2.42. The highest BCUT2D eigenvalue weighted by Crippen LogP contribution is 2.31. The van der Waals surface area contributed by atoms with Crippen LogP contribution in [0.15, 0.2) is 46.6 Å². The number of hydrogen-bond acceptors (Lipinski definition) is 8. The van der Waals surface area contributed by atoms with Crippen LogP contribution in [0.4, 0.5) is 17.5 Å². The highest BCUT2D eigenvalue weighted by Gasteiger charge is 2.27. The molecule has 1 fully saturated rings. The quantitative estimate of drug-likeness (QED) is 0.396. The third-order valence-corrected chi connectivity index (χ3v) is 6.99. The maximum absolute atomic E-state index is 4.94. The average molecular weight is 482 g/mol. The number of piperazine rings is 1. The summed E-state index contributed by atoms with van der Waals surface area (Å²) in [5.41, 5.74) is 2.27. The molecule has 2 N–H and O–H groups in total. The van der Waals surface area contributed by atoms with E-state index in [1.807, 2.05) is 37.0 Å². The van der Waals surface area contributed by atoms with Gasteiger partial charge >= 0.3 is 0 Å². The second-order valence-electron chi connectivity index (χ2n) is 9.69. The molecule has 5 rings (SSSR count). The SMILES string of the molecule is Cc1cc(Nc2cc(N3CCN(C(C)(C)C)CC3)nc(Sc3ccc4c(cnn4C)c3)n2)n[nH]1.[HH].[HH]. The summed E-state index contributed by atoms with van der Waals surface area (Å²) in [6, 6.07) is 10.3. The highest BCUT2D eigenvalue weighted by molar-refractivity contribution is 7.99. The number of hydrogen-bond donors (Lipinski definition) is 2. The van der Waals surface area contributed by atoms with Crippen LogP contribution >= 0.6 is 11.8 Å². The summed E-state index contributed by atoms with van der Waals surface area (Å²) in [4.78, 5) is 15.7. The van der Waals surface area contributed by atoms with Gasteiger partial charge in [0.15, 0.2) is 11.0 Å². The summed E-state index contributed by atoms with van der Waals surface area (Å²) in [6.07, 6.45) is 1.89. The molecule has 0 atom stereocenters. The number of aromatic amines is 1. The Labute approximate surface area is 206 Å². The van der Waals surface area contributed by atoms with Crippen molar-refractivity contribution in [3.8, 4) is 0 Å². The number of aromatic nitrogens is 6. The minimum absolute atomic E-state index is 0. The third kappa shape index (κ3) is 4.88. The zero-order chi connectivity index (χ0) is 23.9. The van der Waals surface area contributed by atoms with E-state index >= 15 is 0 Å². The number of anilines is 3. The number of nitrogens with one attached hydrogen (secondary N) is 2. The topological polar surface area (TPSA) is 90.8 Å². The second-order valence-corrected chi connectivity index (χ2v) is 10.7. The van der Waals surface area contributed by atoms with Crippen LogP contribution < -0.4 is 10.2 Å². The lowest BCUT2D eigenvalue weighted by molar-refractivity contribution is 0.128. The number of benzene rings is 1. The van der Waals surface area contributed by atoms with Gasteiger partial charge in [-0.3, -0.25) is 14.7 Å². The van der Waals surface area contributed by atoms with Gasteiger partial charge in [0.25, 0.3) is 0 Å². The third-order valence-electron chi connectivity index (χ3n) is 6.13. The van der Waals surface area contributed by atoms with Crippen LogP contribution in [0.2, 0.25) is 0 Å². The molecule has 10 heteroatoms. The summed E-state index contributed by atoms with van der Waals surface area (Å²) in [6.45, 7) is 12.7. The lowest BCUT2D eigenvalue weighted by Crippen LogP contribution is -2.53. The van der Waals surface area contributed by atoms with E-state index in [0.717, 1.165) is 65.1 Å². The number of nitrogens with zero attached hydrogens (tertiary/aromatic N) is 7. The molecule has 0 bridgehead atoms. The van der Waals surface area contributed by atoms with Crippen molar-refractivity contribution in [1.82, 2.24) is 34.8 Å². The molecule has 1 aliphatic rings. The number of rotatable bonds is 5. The van der Waals surface area contributed by atoms with E-state index in [9.17, 15) is 0 Å². The Kier molecular flexibility index (Phi) is 5.95. The maximum Gasteiger partial charge on any atom is 0.196 e. The molecular weight excluding hydrogens is 446 g/mol. The van der Waals surface area contributed by atoms with Crippen molar-refractivity contribution in [1.29, 1.82) is 0 Å². The first kappa shape index (κ1) is 22.7. The second kappa shape index (κ2) is 8.92. The Balaban J connectivity index is 0.00000180. The van der Waals surface area contributed by atoms with Crippen molar-refractivity contribution in [3.63, 3.8) is 0 Å².